The molecule has 0 nitrogen and oxygen atoms in total. The van der Waals surface area contributed by atoms with E-state index in [4.69, 9.17) is 0 Å². The van der Waals surface area contributed by atoms with Crippen molar-refractivity contribution in [3.05, 3.63) is 0 Å². The lowest BCUT2D eigenvalue weighted by molar-refractivity contribution is 0.484. The summed E-state index contributed by atoms with van der Waals surface area (Å²) in [6.45, 7) is 7.04. The van der Waals surface area contributed by atoms with Crippen molar-refractivity contribution in [3.8, 4) is 0 Å². The highest BCUT2D eigenvalue weighted by molar-refractivity contribution is 4.87. The summed E-state index contributed by atoms with van der Waals surface area (Å²) in [6.07, 6.45) is 10.3. The number of unbranched alkanes of at least 4 members (excludes halogenated alkanes) is 4. The van der Waals surface area contributed by atoms with Gasteiger partial charge in [0.2, 0.25) is 0 Å². The second kappa shape index (κ2) is 5.67. The van der Waals surface area contributed by atoms with Crippen molar-refractivity contribution in [2.75, 3.05) is 0 Å². The van der Waals surface area contributed by atoms with Crippen LogP contribution in [0.25, 0.3) is 0 Å². The largest absolute Gasteiger partial charge is 0.0654 e. The van der Waals surface area contributed by atoms with E-state index in [1.54, 1.807) is 0 Å². The third kappa shape index (κ3) is 4.15. The van der Waals surface area contributed by atoms with Gasteiger partial charge in [-0.15, -0.1) is 0 Å². The Morgan fingerprint density at radius 1 is 1.08 bits per heavy atom. The molecule has 0 heteroatoms. The van der Waals surface area contributed by atoms with Gasteiger partial charge in [0.05, 0.1) is 0 Å². The van der Waals surface area contributed by atoms with E-state index >= 15 is 0 Å². The maximum atomic E-state index is 2.38. The Morgan fingerprint density at radius 3 is 2.31 bits per heavy atom. The maximum absolute atomic E-state index is 2.38. The van der Waals surface area contributed by atoms with Gasteiger partial charge in [-0.05, 0) is 24.2 Å². The molecule has 0 aromatic rings. The van der Waals surface area contributed by atoms with E-state index in [0.29, 0.717) is 0 Å². The van der Waals surface area contributed by atoms with E-state index < -0.39 is 0 Å². The molecular weight excluding hydrogens is 156 g/mol. The van der Waals surface area contributed by atoms with Crippen LogP contribution in [0.3, 0.4) is 0 Å². The van der Waals surface area contributed by atoms with Crippen molar-refractivity contribution in [2.45, 2.75) is 65.7 Å². The predicted octanol–water partition coefficient (Wildman–Crippen LogP) is 4.64. The molecule has 1 aliphatic rings. The summed E-state index contributed by atoms with van der Waals surface area (Å²) in [4.78, 5) is 0. The minimum absolute atomic E-state index is 0.945. The lowest BCUT2D eigenvalue weighted by Crippen LogP contribution is -1.92. The molecule has 0 radical (unpaired) electrons. The molecule has 0 spiro atoms. The third-order valence-electron chi connectivity index (χ3n) is 3.51. The second-order valence-electron chi connectivity index (χ2n) is 5.11. The molecule has 0 amide bonds. The van der Waals surface area contributed by atoms with E-state index in [1.807, 2.05) is 0 Å². The first-order valence-electron chi connectivity index (χ1n) is 6.25. The zero-order valence-corrected chi connectivity index (χ0v) is 9.68. The third-order valence-corrected chi connectivity index (χ3v) is 3.51. The molecule has 1 saturated carbocycles. The van der Waals surface area contributed by atoms with E-state index in [9.17, 15) is 0 Å². The summed E-state index contributed by atoms with van der Waals surface area (Å²) in [5, 5.41) is 0. The van der Waals surface area contributed by atoms with Crippen LogP contribution in [0.5, 0.6) is 0 Å². The summed E-state index contributed by atoms with van der Waals surface area (Å²) < 4.78 is 0. The van der Waals surface area contributed by atoms with Crippen LogP contribution in [-0.2, 0) is 0 Å². The lowest BCUT2D eigenvalue weighted by atomic mass is 10.0. The Balaban J connectivity index is 1.86. The van der Waals surface area contributed by atoms with Gasteiger partial charge in [-0.3, -0.25) is 0 Å². The standard InChI is InChI=1S/C13H26/c1-4-5-6-7-8-9-12-10-13(12)11(2)3/h11-13H,4-10H2,1-3H3. The molecular formula is C13H26. The number of hydrogen-bond donors (Lipinski definition) is 0. The first kappa shape index (κ1) is 11.1. The molecule has 0 bridgehead atoms. The summed E-state index contributed by atoms with van der Waals surface area (Å²) in [5.41, 5.74) is 0. The topological polar surface area (TPSA) is 0 Å². The molecule has 13 heavy (non-hydrogen) atoms. The molecule has 1 fully saturated rings. The minimum atomic E-state index is 0.945. The van der Waals surface area contributed by atoms with Crippen molar-refractivity contribution < 1.29 is 0 Å². The van der Waals surface area contributed by atoms with E-state index in [2.05, 4.69) is 20.8 Å². The van der Waals surface area contributed by atoms with Crippen molar-refractivity contribution >= 4 is 0 Å². The Hall–Kier alpha value is 0. The number of rotatable bonds is 7. The smallest absolute Gasteiger partial charge is 0.0360 e. The molecule has 78 valence electrons. The van der Waals surface area contributed by atoms with Gasteiger partial charge < -0.3 is 0 Å². The summed E-state index contributed by atoms with van der Waals surface area (Å²) in [6, 6.07) is 0. The van der Waals surface area contributed by atoms with Crippen molar-refractivity contribution in [2.24, 2.45) is 17.8 Å². The fourth-order valence-corrected chi connectivity index (χ4v) is 2.43. The van der Waals surface area contributed by atoms with Gasteiger partial charge in [0.25, 0.3) is 0 Å². The summed E-state index contributed by atoms with van der Waals surface area (Å²) >= 11 is 0. The Kier molecular flexibility index (Phi) is 4.83. The summed E-state index contributed by atoms with van der Waals surface area (Å²) in [5.74, 6) is 3.15. The zero-order valence-electron chi connectivity index (χ0n) is 9.68. The van der Waals surface area contributed by atoms with Crippen LogP contribution in [-0.4, -0.2) is 0 Å². The highest BCUT2D eigenvalue weighted by Gasteiger charge is 2.37. The minimum Gasteiger partial charge on any atom is -0.0654 e. The van der Waals surface area contributed by atoms with Crippen LogP contribution in [0.4, 0.5) is 0 Å². The SMILES string of the molecule is CCCCCCCC1CC1C(C)C. The van der Waals surface area contributed by atoms with E-state index in [-0.39, 0.29) is 0 Å². The molecule has 2 atom stereocenters. The molecule has 0 saturated heterocycles. The van der Waals surface area contributed by atoms with Crippen LogP contribution < -0.4 is 0 Å². The monoisotopic (exact) mass is 182 g/mol. The van der Waals surface area contributed by atoms with Crippen LogP contribution in [0.1, 0.15) is 65.7 Å². The van der Waals surface area contributed by atoms with Gasteiger partial charge in [-0.2, -0.15) is 0 Å². The van der Waals surface area contributed by atoms with Crippen molar-refractivity contribution in [1.29, 1.82) is 0 Å². The molecule has 0 N–H and O–H groups in total. The van der Waals surface area contributed by atoms with Crippen LogP contribution in [0.2, 0.25) is 0 Å². The van der Waals surface area contributed by atoms with Crippen LogP contribution >= 0.6 is 0 Å². The van der Waals surface area contributed by atoms with Crippen molar-refractivity contribution in [1.82, 2.24) is 0 Å². The van der Waals surface area contributed by atoms with Gasteiger partial charge in [0.1, 0.15) is 0 Å². The first-order chi connectivity index (χ1) is 6.25. The fraction of sp³-hybridized carbons (Fsp3) is 1.00. The molecule has 0 heterocycles. The Bertz CT molecular complexity index is 126. The van der Waals surface area contributed by atoms with Gasteiger partial charge in [-0.1, -0.05) is 59.3 Å². The van der Waals surface area contributed by atoms with Gasteiger partial charge in [-0.25, -0.2) is 0 Å². The fourth-order valence-electron chi connectivity index (χ4n) is 2.43. The van der Waals surface area contributed by atoms with E-state index in [0.717, 1.165) is 17.8 Å². The van der Waals surface area contributed by atoms with Crippen molar-refractivity contribution in [3.63, 3.8) is 0 Å². The normalized spacial score (nSPS) is 26.8. The molecule has 2 unspecified atom stereocenters. The Labute approximate surface area is 84.1 Å². The second-order valence-corrected chi connectivity index (χ2v) is 5.11. The van der Waals surface area contributed by atoms with Gasteiger partial charge >= 0.3 is 0 Å². The predicted molar refractivity (Wildman–Crippen MR) is 59.8 cm³/mol. The molecule has 0 aliphatic heterocycles. The quantitative estimate of drug-likeness (QED) is 0.503. The molecule has 0 aromatic carbocycles. The van der Waals surface area contributed by atoms with Gasteiger partial charge in [0, 0.05) is 0 Å². The Morgan fingerprint density at radius 2 is 1.77 bits per heavy atom. The average molecular weight is 182 g/mol. The maximum Gasteiger partial charge on any atom is -0.0360 e. The zero-order chi connectivity index (χ0) is 9.68. The summed E-state index contributed by atoms with van der Waals surface area (Å²) in [7, 11) is 0. The molecule has 1 rings (SSSR count). The molecule has 0 aromatic heterocycles. The molecule has 1 aliphatic carbocycles. The van der Waals surface area contributed by atoms with Gasteiger partial charge in [0.15, 0.2) is 0 Å². The average Bonchev–Trinajstić information content (AvgIpc) is 2.83. The first-order valence-corrected chi connectivity index (χ1v) is 6.25. The van der Waals surface area contributed by atoms with E-state index in [1.165, 1.54) is 44.9 Å². The van der Waals surface area contributed by atoms with Crippen LogP contribution in [0.15, 0.2) is 0 Å². The number of hydrogen-bond acceptors (Lipinski definition) is 0. The van der Waals surface area contributed by atoms with Crippen LogP contribution in [0, 0.1) is 17.8 Å². The highest BCUT2D eigenvalue weighted by atomic mass is 14.4. The lowest BCUT2D eigenvalue weighted by Gasteiger charge is -2.03. The highest BCUT2D eigenvalue weighted by Crippen LogP contribution is 2.47.